The smallest absolute Gasteiger partial charge is 0.122 e. The second-order valence-electron chi connectivity index (χ2n) is 4.55. The predicted octanol–water partition coefficient (Wildman–Crippen LogP) is 2.93. The standard InChI is InChI=1S/C14H21NO/c1-3-10-12(9-13(10)15)11-7-5-6-8-14(11)16-4-2/h5-8,10,12-13H,3-4,9,15H2,1-2H3. The summed E-state index contributed by atoms with van der Waals surface area (Å²) in [5, 5.41) is 0. The van der Waals surface area contributed by atoms with E-state index in [1.54, 1.807) is 0 Å². The lowest BCUT2D eigenvalue weighted by Gasteiger charge is -2.43. The Morgan fingerprint density at radius 3 is 2.69 bits per heavy atom. The van der Waals surface area contributed by atoms with Crippen molar-refractivity contribution in [3.8, 4) is 5.75 Å². The first-order chi connectivity index (χ1) is 7.77. The Hall–Kier alpha value is -1.02. The van der Waals surface area contributed by atoms with Crippen molar-refractivity contribution in [2.45, 2.75) is 38.6 Å². The van der Waals surface area contributed by atoms with Crippen LogP contribution >= 0.6 is 0 Å². The molecule has 2 heteroatoms. The highest BCUT2D eigenvalue weighted by Crippen LogP contribution is 2.46. The molecule has 16 heavy (non-hydrogen) atoms. The number of nitrogens with two attached hydrogens (primary N) is 1. The Bertz CT molecular complexity index is 350. The summed E-state index contributed by atoms with van der Waals surface area (Å²) < 4.78 is 5.68. The summed E-state index contributed by atoms with van der Waals surface area (Å²) >= 11 is 0. The van der Waals surface area contributed by atoms with E-state index in [0.717, 1.165) is 25.2 Å². The lowest BCUT2D eigenvalue weighted by atomic mass is 9.65. The summed E-state index contributed by atoms with van der Waals surface area (Å²) in [5.74, 6) is 2.27. The Labute approximate surface area is 97.8 Å². The minimum atomic E-state index is 0.379. The van der Waals surface area contributed by atoms with E-state index in [0.29, 0.717) is 17.9 Å². The predicted molar refractivity (Wildman–Crippen MR) is 66.7 cm³/mol. The van der Waals surface area contributed by atoms with E-state index in [1.165, 1.54) is 5.56 Å². The molecule has 88 valence electrons. The molecule has 2 N–H and O–H groups in total. The van der Waals surface area contributed by atoms with Crippen LogP contribution in [0.15, 0.2) is 24.3 Å². The van der Waals surface area contributed by atoms with Gasteiger partial charge in [0.1, 0.15) is 5.75 Å². The maximum Gasteiger partial charge on any atom is 0.122 e. The quantitative estimate of drug-likeness (QED) is 0.845. The van der Waals surface area contributed by atoms with Crippen LogP contribution in [0.1, 0.15) is 38.2 Å². The van der Waals surface area contributed by atoms with Crippen molar-refractivity contribution in [1.82, 2.24) is 0 Å². The summed E-state index contributed by atoms with van der Waals surface area (Å²) in [6.45, 7) is 4.98. The first kappa shape index (κ1) is 11.5. The highest BCUT2D eigenvalue weighted by atomic mass is 16.5. The first-order valence-electron chi connectivity index (χ1n) is 6.25. The van der Waals surface area contributed by atoms with Gasteiger partial charge >= 0.3 is 0 Å². The van der Waals surface area contributed by atoms with Gasteiger partial charge in [-0.3, -0.25) is 0 Å². The van der Waals surface area contributed by atoms with Crippen LogP contribution in [-0.2, 0) is 0 Å². The third-order valence-corrected chi connectivity index (χ3v) is 3.68. The normalized spacial score (nSPS) is 28.6. The number of benzene rings is 1. The molecule has 1 aromatic rings. The highest BCUT2D eigenvalue weighted by Gasteiger charge is 2.39. The van der Waals surface area contributed by atoms with E-state index < -0.39 is 0 Å². The molecule has 1 saturated carbocycles. The van der Waals surface area contributed by atoms with Gasteiger partial charge in [-0.25, -0.2) is 0 Å². The zero-order valence-corrected chi connectivity index (χ0v) is 10.1. The topological polar surface area (TPSA) is 35.2 Å². The molecule has 0 spiro atoms. The minimum absolute atomic E-state index is 0.379. The average molecular weight is 219 g/mol. The van der Waals surface area contributed by atoms with E-state index in [-0.39, 0.29) is 0 Å². The van der Waals surface area contributed by atoms with E-state index in [9.17, 15) is 0 Å². The fourth-order valence-corrected chi connectivity index (χ4v) is 2.76. The number of rotatable bonds is 4. The molecule has 3 atom stereocenters. The number of para-hydroxylation sites is 1. The molecule has 1 aliphatic rings. The molecule has 0 amide bonds. The molecular formula is C14H21NO. The molecule has 0 saturated heterocycles. The van der Waals surface area contributed by atoms with Gasteiger partial charge in [-0.15, -0.1) is 0 Å². The van der Waals surface area contributed by atoms with Gasteiger partial charge in [-0.1, -0.05) is 31.5 Å². The third kappa shape index (κ3) is 1.94. The van der Waals surface area contributed by atoms with Crippen molar-refractivity contribution in [3.63, 3.8) is 0 Å². The van der Waals surface area contributed by atoms with Crippen molar-refractivity contribution in [2.24, 2.45) is 11.7 Å². The second kappa shape index (κ2) is 4.88. The Morgan fingerprint density at radius 1 is 1.31 bits per heavy atom. The van der Waals surface area contributed by atoms with Gasteiger partial charge in [0.25, 0.3) is 0 Å². The minimum Gasteiger partial charge on any atom is -0.494 e. The largest absolute Gasteiger partial charge is 0.494 e. The van der Waals surface area contributed by atoms with Crippen LogP contribution in [0.2, 0.25) is 0 Å². The number of hydrogen-bond acceptors (Lipinski definition) is 2. The van der Waals surface area contributed by atoms with Crippen LogP contribution in [-0.4, -0.2) is 12.6 Å². The van der Waals surface area contributed by atoms with Gasteiger partial charge in [0, 0.05) is 6.04 Å². The van der Waals surface area contributed by atoms with Crippen molar-refractivity contribution in [1.29, 1.82) is 0 Å². The molecular weight excluding hydrogens is 198 g/mol. The molecule has 1 aromatic carbocycles. The molecule has 0 aromatic heterocycles. The number of ether oxygens (including phenoxy) is 1. The van der Waals surface area contributed by atoms with Crippen LogP contribution in [0.25, 0.3) is 0 Å². The molecule has 3 unspecified atom stereocenters. The third-order valence-electron chi connectivity index (χ3n) is 3.68. The van der Waals surface area contributed by atoms with Crippen LogP contribution in [0.3, 0.4) is 0 Å². The lowest BCUT2D eigenvalue weighted by Crippen LogP contribution is -2.45. The summed E-state index contributed by atoms with van der Waals surface area (Å²) in [4.78, 5) is 0. The van der Waals surface area contributed by atoms with Crippen LogP contribution in [0.4, 0.5) is 0 Å². The number of hydrogen-bond donors (Lipinski definition) is 1. The molecule has 0 heterocycles. The summed E-state index contributed by atoms with van der Waals surface area (Å²) in [7, 11) is 0. The maximum absolute atomic E-state index is 6.04. The maximum atomic E-state index is 6.04. The van der Waals surface area contributed by atoms with Crippen molar-refractivity contribution in [2.75, 3.05) is 6.61 Å². The van der Waals surface area contributed by atoms with Crippen LogP contribution in [0.5, 0.6) is 5.75 Å². The van der Waals surface area contributed by atoms with E-state index in [1.807, 2.05) is 13.0 Å². The fourth-order valence-electron chi connectivity index (χ4n) is 2.76. The van der Waals surface area contributed by atoms with Crippen LogP contribution < -0.4 is 10.5 Å². The Balaban J connectivity index is 2.20. The molecule has 0 aliphatic heterocycles. The monoisotopic (exact) mass is 219 g/mol. The highest BCUT2D eigenvalue weighted by molar-refractivity contribution is 5.38. The van der Waals surface area contributed by atoms with E-state index in [4.69, 9.17) is 10.5 Å². The molecule has 2 rings (SSSR count). The van der Waals surface area contributed by atoms with Gasteiger partial charge in [-0.05, 0) is 36.8 Å². The van der Waals surface area contributed by atoms with Crippen molar-refractivity contribution >= 4 is 0 Å². The second-order valence-corrected chi connectivity index (χ2v) is 4.55. The van der Waals surface area contributed by atoms with E-state index >= 15 is 0 Å². The SMILES string of the molecule is CCOc1ccccc1C1CC(N)C1CC. The molecule has 2 nitrogen and oxygen atoms in total. The molecule has 0 radical (unpaired) electrons. The van der Waals surface area contributed by atoms with Crippen LogP contribution in [0, 0.1) is 5.92 Å². The van der Waals surface area contributed by atoms with Crippen molar-refractivity contribution < 1.29 is 4.74 Å². The lowest BCUT2D eigenvalue weighted by molar-refractivity contribution is 0.192. The van der Waals surface area contributed by atoms with E-state index in [2.05, 4.69) is 25.1 Å². The molecule has 1 fully saturated rings. The zero-order chi connectivity index (χ0) is 11.5. The summed E-state index contributed by atoms with van der Waals surface area (Å²) in [6.07, 6.45) is 2.26. The van der Waals surface area contributed by atoms with Gasteiger partial charge in [0.15, 0.2) is 0 Å². The Kier molecular flexibility index (Phi) is 3.49. The van der Waals surface area contributed by atoms with Gasteiger partial charge in [0.2, 0.25) is 0 Å². The summed E-state index contributed by atoms with van der Waals surface area (Å²) in [6, 6.07) is 8.76. The molecule has 0 bridgehead atoms. The molecule has 1 aliphatic carbocycles. The summed E-state index contributed by atoms with van der Waals surface area (Å²) in [5.41, 5.74) is 7.39. The fraction of sp³-hybridized carbons (Fsp3) is 0.571. The van der Waals surface area contributed by atoms with Crippen molar-refractivity contribution in [3.05, 3.63) is 29.8 Å². The zero-order valence-electron chi connectivity index (χ0n) is 10.1. The Morgan fingerprint density at radius 2 is 2.06 bits per heavy atom. The average Bonchev–Trinajstić information content (AvgIpc) is 2.28. The first-order valence-corrected chi connectivity index (χ1v) is 6.25. The van der Waals surface area contributed by atoms with Gasteiger partial charge in [0.05, 0.1) is 6.61 Å². The van der Waals surface area contributed by atoms with Gasteiger partial charge in [-0.2, -0.15) is 0 Å². The van der Waals surface area contributed by atoms with Gasteiger partial charge < -0.3 is 10.5 Å².